The average Bonchev–Trinajstić information content (AvgIpc) is 3.54. The molecule has 0 amide bonds. The lowest BCUT2D eigenvalue weighted by Crippen LogP contribution is -2.36. The Hall–Kier alpha value is -2.89. The van der Waals surface area contributed by atoms with E-state index in [0.717, 1.165) is 41.9 Å². The van der Waals surface area contributed by atoms with Crippen molar-refractivity contribution in [2.45, 2.75) is 39.8 Å². The van der Waals surface area contributed by atoms with Crippen LogP contribution < -0.4 is 20.1 Å². The largest absolute Gasteiger partial charge is 0.504 e. The zero-order valence-electron chi connectivity index (χ0n) is 17.5. The highest BCUT2D eigenvalue weighted by Gasteiger charge is 2.22. The number of nitrogens with zero attached hydrogens (tertiary/aromatic N) is 1. The smallest absolute Gasteiger partial charge is 0.191 e. The fraction of sp³-hybridized carbons (Fsp3) is 0.435. The molecule has 0 heterocycles. The molecule has 1 saturated carbocycles. The molecule has 2 aromatic rings. The van der Waals surface area contributed by atoms with Crippen LogP contribution in [-0.2, 0) is 13.1 Å². The van der Waals surface area contributed by atoms with Gasteiger partial charge in [0.05, 0.1) is 20.3 Å². The molecule has 0 aromatic heterocycles. The van der Waals surface area contributed by atoms with Crippen LogP contribution in [0.4, 0.5) is 0 Å². The van der Waals surface area contributed by atoms with Gasteiger partial charge in [0, 0.05) is 18.7 Å². The maximum absolute atomic E-state index is 9.94. The summed E-state index contributed by atoms with van der Waals surface area (Å²) in [6.07, 6.45) is 2.55. The lowest BCUT2D eigenvalue weighted by molar-refractivity contribution is 0.296. The molecule has 156 valence electrons. The molecule has 2 aromatic carbocycles. The highest BCUT2D eigenvalue weighted by Crippen LogP contribution is 2.30. The molecular formula is C23H31N3O3. The van der Waals surface area contributed by atoms with Crippen LogP contribution in [0.1, 0.15) is 36.5 Å². The Morgan fingerprint density at radius 3 is 2.66 bits per heavy atom. The number of phenols is 1. The molecular weight excluding hydrogens is 366 g/mol. The first kappa shape index (κ1) is 20.8. The van der Waals surface area contributed by atoms with Crippen LogP contribution >= 0.6 is 0 Å². The molecule has 0 aliphatic heterocycles. The van der Waals surface area contributed by atoms with Crippen molar-refractivity contribution < 1.29 is 14.6 Å². The normalized spacial score (nSPS) is 13.8. The number of hydrogen-bond donors (Lipinski definition) is 3. The van der Waals surface area contributed by atoms with Gasteiger partial charge in [-0.05, 0) is 61.9 Å². The Kier molecular flexibility index (Phi) is 7.22. The van der Waals surface area contributed by atoms with Gasteiger partial charge in [-0.2, -0.15) is 0 Å². The van der Waals surface area contributed by atoms with Crippen LogP contribution in [-0.4, -0.2) is 31.3 Å². The van der Waals surface area contributed by atoms with Crippen LogP contribution in [0.5, 0.6) is 17.2 Å². The number of phenolic OH excluding ortho intramolecular Hbond substituents is 1. The first-order chi connectivity index (χ1) is 14.1. The number of aromatic hydroxyl groups is 1. The molecule has 0 atom stereocenters. The number of aliphatic imine (C=N–C) groups is 1. The monoisotopic (exact) mass is 397 g/mol. The van der Waals surface area contributed by atoms with Gasteiger partial charge >= 0.3 is 0 Å². The number of benzene rings is 2. The molecule has 6 nitrogen and oxygen atoms in total. The fourth-order valence-electron chi connectivity index (χ4n) is 2.96. The second-order valence-corrected chi connectivity index (χ2v) is 7.42. The van der Waals surface area contributed by atoms with Crippen molar-refractivity contribution in [3.05, 3.63) is 53.1 Å². The summed E-state index contributed by atoms with van der Waals surface area (Å²) in [5.41, 5.74) is 3.22. The third-order valence-electron chi connectivity index (χ3n) is 4.85. The summed E-state index contributed by atoms with van der Waals surface area (Å²) >= 11 is 0. The minimum absolute atomic E-state index is 0.121. The van der Waals surface area contributed by atoms with Crippen molar-refractivity contribution in [2.75, 3.05) is 20.3 Å². The first-order valence-electron chi connectivity index (χ1n) is 10.2. The summed E-state index contributed by atoms with van der Waals surface area (Å²) in [4.78, 5) is 4.63. The Balaban J connectivity index is 1.64. The minimum atomic E-state index is 0.121. The molecule has 29 heavy (non-hydrogen) atoms. The Morgan fingerprint density at radius 1 is 1.14 bits per heavy atom. The van der Waals surface area contributed by atoms with E-state index in [1.165, 1.54) is 25.5 Å². The van der Waals surface area contributed by atoms with E-state index < -0.39 is 0 Å². The number of guanidine groups is 1. The van der Waals surface area contributed by atoms with Crippen molar-refractivity contribution in [1.82, 2.24) is 10.6 Å². The quantitative estimate of drug-likeness (QED) is 0.444. The Labute approximate surface area is 173 Å². The molecule has 3 rings (SSSR count). The fourth-order valence-corrected chi connectivity index (χ4v) is 2.96. The van der Waals surface area contributed by atoms with Crippen molar-refractivity contribution in [2.24, 2.45) is 10.9 Å². The van der Waals surface area contributed by atoms with Crippen LogP contribution in [0, 0.1) is 12.8 Å². The van der Waals surface area contributed by atoms with Crippen molar-refractivity contribution in [1.29, 1.82) is 0 Å². The predicted octanol–water partition coefficient (Wildman–Crippen LogP) is 3.75. The number of nitrogens with one attached hydrogen (secondary N) is 2. The van der Waals surface area contributed by atoms with Gasteiger partial charge < -0.3 is 25.2 Å². The number of ether oxygens (including phenoxy) is 2. The van der Waals surface area contributed by atoms with E-state index in [1.807, 2.05) is 13.0 Å². The zero-order valence-corrected chi connectivity index (χ0v) is 17.5. The molecule has 1 aliphatic rings. The number of methoxy groups -OCH3 is 1. The van der Waals surface area contributed by atoms with Crippen molar-refractivity contribution in [3.63, 3.8) is 0 Å². The minimum Gasteiger partial charge on any atom is -0.504 e. The molecule has 0 saturated heterocycles. The van der Waals surface area contributed by atoms with Crippen LogP contribution in [0.3, 0.4) is 0 Å². The topological polar surface area (TPSA) is 75.1 Å². The third kappa shape index (κ3) is 6.31. The summed E-state index contributed by atoms with van der Waals surface area (Å²) in [7, 11) is 1.54. The van der Waals surface area contributed by atoms with Gasteiger partial charge in [0.1, 0.15) is 5.75 Å². The van der Waals surface area contributed by atoms with Crippen LogP contribution in [0.2, 0.25) is 0 Å². The van der Waals surface area contributed by atoms with E-state index in [4.69, 9.17) is 9.47 Å². The van der Waals surface area contributed by atoms with Crippen LogP contribution in [0.15, 0.2) is 41.4 Å². The lowest BCUT2D eigenvalue weighted by atomic mass is 10.1. The zero-order chi connectivity index (χ0) is 20.6. The number of aryl methyl sites for hydroxylation is 1. The van der Waals surface area contributed by atoms with Gasteiger partial charge in [-0.15, -0.1) is 0 Å². The van der Waals surface area contributed by atoms with Crippen molar-refractivity contribution in [3.8, 4) is 17.2 Å². The second kappa shape index (κ2) is 10.0. The number of hydrogen-bond acceptors (Lipinski definition) is 4. The van der Waals surface area contributed by atoms with E-state index in [-0.39, 0.29) is 5.75 Å². The summed E-state index contributed by atoms with van der Waals surface area (Å²) in [6, 6.07) is 11.6. The van der Waals surface area contributed by atoms with Gasteiger partial charge in [-0.25, -0.2) is 4.99 Å². The molecule has 0 bridgehead atoms. The van der Waals surface area contributed by atoms with Gasteiger partial charge in [-0.3, -0.25) is 0 Å². The predicted molar refractivity (Wildman–Crippen MR) is 116 cm³/mol. The molecule has 0 unspecified atom stereocenters. The van der Waals surface area contributed by atoms with Gasteiger partial charge in [0.15, 0.2) is 17.5 Å². The molecule has 0 radical (unpaired) electrons. The summed E-state index contributed by atoms with van der Waals surface area (Å²) in [6.45, 7) is 6.75. The van der Waals surface area contributed by atoms with E-state index >= 15 is 0 Å². The maximum Gasteiger partial charge on any atom is 0.191 e. The van der Waals surface area contributed by atoms with Gasteiger partial charge in [-0.1, -0.05) is 18.2 Å². The third-order valence-corrected chi connectivity index (χ3v) is 4.85. The van der Waals surface area contributed by atoms with E-state index in [2.05, 4.69) is 40.7 Å². The lowest BCUT2D eigenvalue weighted by Gasteiger charge is -2.15. The van der Waals surface area contributed by atoms with Gasteiger partial charge in [0.25, 0.3) is 0 Å². The second-order valence-electron chi connectivity index (χ2n) is 7.42. The van der Waals surface area contributed by atoms with E-state index in [9.17, 15) is 5.11 Å². The highest BCUT2D eigenvalue weighted by atomic mass is 16.5. The molecule has 1 fully saturated rings. The maximum atomic E-state index is 9.94. The van der Waals surface area contributed by atoms with Crippen molar-refractivity contribution >= 4 is 5.96 Å². The molecule has 6 heteroatoms. The molecule has 0 spiro atoms. The Bertz CT molecular complexity index is 847. The SMILES string of the molecule is CCNC(=NCc1ccc(OC)c(O)c1)NCc1ccc(C)cc1OCC1CC1. The summed E-state index contributed by atoms with van der Waals surface area (Å²) in [5.74, 6) is 2.96. The highest BCUT2D eigenvalue weighted by molar-refractivity contribution is 5.79. The van der Waals surface area contributed by atoms with E-state index in [1.54, 1.807) is 12.1 Å². The van der Waals surface area contributed by atoms with E-state index in [0.29, 0.717) is 18.8 Å². The standard InChI is InChI=1S/C23H31N3O3/c1-4-24-23(25-13-18-8-10-21(28-3)20(27)12-18)26-14-19-9-5-16(2)11-22(19)29-15-17-6-7-17/h5,8-12,17,27H,4,6-7,13-15H2,1-3H3,(H2,24,25,26). The van der Waals surface area contributed by atoms with Gasteiger partial charge in [0.2, 0.25) is 0 Å². The summed E-state index contributed by atoms with van der Waals surface area (Å²) in [5, 5.41) is 16.6. The van der Waals surface area contributed by atoms with Crippen LogP contribution in [0.25, 0.3) is 0 Å². The average molecular weight is 398 g/mol. The summed E-state index contributed by atoms with van der Waals surface area (Å²) < 4.78 is 11.1. The number of rotatable bonds is 9. The first-order valence-corrected chi connectivity index (χ1v) is 10.2. The molecule has 1 aliphatic carbocycles. The molecule has 3 N–H and O–H groups in total. The Morgan fingerprint density at radius 2 is 1.97 bits per heavy atom.